The number of nitrogens with one attached hydrogen (secondary N) is 1. The Morgan fingerprint density at radius 2 is 1.62 bits per heavy atom. The van der Waals surface area contributed by atoms with Crippen molar-refractivity contribution in [2.45, 2.75) is 25.8 Å². The molecule has 21 heavy (non-hydrogen) atoms. The van der Waals surface area contributed by atoms with Gasteiger partial charge in [0.05, 0.1) is 13.1 Å². The van der Waals surface area contributed by atoms with Gasteiger partial charge in [0.25, 0.3) is 0 Å². The molecule has 0 aromatic heterocycles. The monoisotopic (exact) mass is 344 g/mol. The zero-order chi connectivity index (χ0) is 14.5. The molecule has 1 fully saturated rings. The molecule has 2 aromatic carbocycles. The topological polar surface area (TPSA) is 4.44 Å². The lowest BCUT2D eigenvalue weighted by molar-refractivity contribution is -0.919. The first-order chi connectivity index (χ1) is 10.3. The standard InChI is InChI=1S/C19H22BrN/c20-19-8-4-7-18(14-19)15-21-11-9-17(10-12-21)13-16-5-2-1-3-6-16/h1-8,14,17H,9-13,15H2/p+1. The van der Waals surface area contributed by atoms with Crippen LogP contribution in [0.25, 0.3) is 0 Å². The minimum absolute atomic E-state index is 0.874. The molecular formula is C19H23BrN+. The molecule has 0 saturated carbocycles. The van der Waals surface area contributed by atoms with Crippen LogP contribution in [0.5, 0.6) is 0 Å². The Labute approximate surface area is 136 Å². The summed E-state index contributed by atoms with van der Waals surface area (Å²) < 4.78 is 1.19. The summed E-state index contributed by atoms with van der Waals surface area (Å²) in [5.41, 5.74) is 2.94. The first-order valence-electron chi connectivity index (χ1n) is 7.91. The molecule has 1 aliphatic rings. The highest BCUT2D eigenvalue weighted by Gasteiger charge is 2.22. The van der Waals surface area contributed by atoms with Crippen LogP contribution in [0, 0.1) is 5.92 Å². The molecule has 2 heteroatoms. The van der Waals surface area contributed by atoms with E-state index in [-0.39, 0.29) is 0 Å². The number of hydrogen-bond donors (Lipinski definition) is 1. The highest BCUT2D eigenvalue weighted by atomic mass is 79.9. The van der Waals surface area contributed by atoms with E-state index >= 15 is 0 Å². The number of benzene rings is 2. The lowest BCUT2D eigenvalue weighted by Crippen LogP contribution is -3.11. The van der Waals surface area contributed by atoms with E-state index in [1.54, 1.807) is 4.90 Å². The highest BCUT2D eigenvalue weighted by Crippen LogP contribution is 2.17. The van der Waals surface area contributed by atoms with Gasteiger partial charge in [-0.05, 0) is 42.9 Å². The molecule has 1 nitrogen and oxygen atoms in total. The minimum atomic E-state index is 0.874. The fourth-order valence-electron chi connectivity index (χ4n) is 3.35. The van der Waals surface area contributed by atoms with Crippen LogP contribution in [-0.4, -0.2) is 13.1 Å². The predicted molar refractivity (Wildman–Crippen MR) is 91.4 cm³/mol. The van der Waals surface area contributed by atoms with Crippen LogP contribution < -0.4 is 4.90 Å². The number of likely N-dealkylation sites (tertiary alicyclic amines) is 1. The van der Waals surface area contributed by atoms with Gasteiger partial charge in [-0.1, -0.05) is 58.4 Å². The van der Waals surface area contributed by atoms with Crippen LogP contribution in [0.3, 0.4) is 0 Å². The molecule has 0 amide bonds. The van der Waals surface area contributed by atoms with Crippen LogP contribution in [0.4, 0.5) is 0 Å². The van der Waals surface area contributed by atoms with E-state index < -0.39 is 0 Å². The molecular weight excluding hydrogens is 322 g/mol. The van der Waals surface area contributed by atoms with Crippen molar-refractivity contribution in [2.75, 3.05) is 13.1 Å². The molecule has 0 unspecified atom stereocenters. The summed E-state index contributed by atoms with van der Waals surface area (Å²) in [5, 5.41) is 0. The summed E-state index contributed by atoms with van der Waals surface area (Å²) in [6.07, 6.45) is 3.97. The van der Waals surface area contributed by atoms with Crippen molar-refractivity contribution in [3.8, 4) is 0 Å². The maximum absolute atomic E-state index is 3.56. The summed E-state index contributed by atoms with van der Waals surface area (Å²) in [6.45, 7) is 3.78. The van der Waals surface area contributed by atoms with E-state index in [0.29, 0.717) is 0 Å². The highest BCUT2D eigenvalue weighted by molar-refractivity contribution is 9.10. The molecule has 0 atom stereocenters. The molecule has 2 aromatic rings. The molecule has 1 saturated heterocycles. The lowest BCUT2D eigenvalue weighted by Gasteiger charge is -2.29. The maximum atomic E-state index is 3.56. The zero-order valence-electron chi connectivity index (χ0n) is 12.4. The van der Waals surface area contributed by atoms with Crippen molar-refractivity contribution < 1.29 is 4.90 Å². The summed E-state index contributed by atoms with van der Waals surface area (Å²) in [4.78, 5) is 1.73. The second-order valence-corrected chi connectivity index (χ2v) is 7.11. The van der Waals surface area contributed by atoms with Crippen molar-refractivity contribution in [3.05, 3.63) is 70.2 Å². The third-order valence-corrected chi connectivity index (χ3v) is 5.02. The van der Waals surface area contributed by atoms with Gasteiger partial charge in [0, 0.05) is 10.0 Å². The molecule has 1 N–H and O–H groups in total. The van der Waals surface area contributed by atoms with Gasteiger partial charge < -0.3 is 4.90 Å². The quantitative estimate of drug-likeness (QED) is 0.865. The molecule has 3 rings (SSSR count). The van der Waals surface area contributed by atoms with Crippen molar-refractivity contribution in [1.29, 1.82) is 0 Å². The van der Waals surface area contributed by atoms with Crippen molar-refractivity contribution in [3.63, 3.8) is 0 Å². The zero-order valence-corrected chi connectivity index (χ0v) is 14.0. The van der Waals surface area contributed by atoms with Gasteiger partial charge in [0.15, 0.2) is 0 Å². The fraction of sp³-hybridized carbons (Fsp3) is 0.368. The number of piperidine rings is 1. The summed E-state index contributed by atoms with van der Waals surface area (Å²) >= 11 is 3.56. The second-order valence-electron chi connectivity index (χ2n) is 6.19. The molecule has 0 aliphatic carbocycles. The Bertz CT molecular complexity index is 559. The SMILES string of the molecule is Brc1cccc(C[NH+]2CCC(Cc3ccccc3)CC2)c1. The van der Waals surface area contributed by atoms with Crippen molar-refractivity contribution >= 4 is 15.9 Å². The van der Waals surface area contributed by atoms with Crippen LogP contribution in [-0.2, 0) is 13.0 Å². The van der Waals surface area contributed by atoms with Gasteiger partial charge in [-0.15, -0.1) is 0 Å². The first kappa shape index (κ1) is 14.8. The van der Waals surface area contributed by atoms with E-state index in [1.807, 2.05) is 0 Å². The number of quaternary nitrogens is 1. The molecule has 1 aliphatic heterocycles. The average molecular weight is 345 g/mol. The van der Waals surface area contributed by atoms with Crippen molar-refractivity contribution in [1.82, 2.24) is 0 Å². The van der Waals surface area contributed by atoms with Gasteiger partial charge in [0.2, 0.25) is 0 Å². The van der Waals surface area contributed by atoms with Gasteiger partial charge in [-0.2, -0.15) is 0 Å². The van der Waals surface area contributed by atoms with E-state index in [9.17, 15) is 0 Å². The summed E-state index contributed by atoms with van der Waals surface area (Å²) in [6, 6.07) is 19.7. The summed E-state index contributed by atoms with van der Waals surface area (Å²) in [5.74, 6) is 0.874. The largest absolute Gasteiger partial charge is 0.331 e. The Morgan fingerprint density at radius 1 is 0.905 bits per heavy atom. The van der Waals surface area contributed by atoms with Gasteiger partial charge in [0.1, 0.15) is 6.54 Å². The van der Waals surface area contributed by atoms with E-state index in [4.69, 9.17) is 0 Å². The Kier molecular flexibility index (Phi) is 5.10. The van der Waals surface area contributed by atoms with Crippen molar-refractivity contribution in [2.24, 2.45) is 5.92 Å². The maximum Gasteiger partial charge on any atom is 0.103 e. The molecule has 1 heterocycles. The minimum Gasteiger partial charge on any atom is -0.331 e. The normalized spacial score (nSPS) is 22.1. The van der Waals surface area contributed by atoms with Gasteiger partial charge in [-0.25, -0.2) is 0 Å². The van der Waals surface area contributed by atoms with Gasteiger partial charge in [-0.3, -0.25) is 0 Å². The van der Waals surface area contributed by atoms with Gasteiger partial charge >= 0.3 is 0 Å². The number of halogens is 1. The van der Waals surface area contributed by atoms with E-state index in [0.717, 1.165) is 12.5 Å². The Hall–Kier alpha value is -1.12. The first-order valence-corrected chi connectivity index (χ1v) is 8.71. The third kappa shape index (κ3) is 4.42. The second kappa shape index (κ2) is 7.24. The molecule has 0 spiro atoms. The average Bonchev–Trinajstić information content (AvgIpc) is 2.50. The molecule has 0 radical (unpaired) electrons. The molecule has 0 bridgehead atoms. The molecule has 110 valence electrons. The number of rotatable bonds is 4. The van der Waals surface area contributed by atoms with Crippen LogP contribution >= 0.6 is 15.9 Å². The smallest absolute Gasteiger partial charge is 0.103 e. The van der Waals surface area contributed by atoms with Crippen LogP contribution in [0.1, 0.15) is 24.0 Å². The fourth-order valence-corrected chi connectivity index (χ4v) is 3.80. The Balaban J connectivity index is 1.49. The van der Waals surface area contributed by atoms with E-state index in [2.05, 4.69) is 70.5 Å². The Morgan fingerprint density at radius 3 is 2.33 bits per heavy atom. The third-order valence-electron chi connectivity index (χ3n) is 4.52. The van der Waals surface area contributed by atoms with E-state index in [1.165, 1.54) is 48.0 Å². The van der Waals surface area contributed by atoms with Crippen LogP contribution in [0.2, 0.25) is 0 Å². The lowest BCUT2D eigenvalue weighted by atomic mass is 9.90. The predicted octanol–water partition coefficient (Wildman–Crippen LogP) is 3.49. The summed E-state index contributed by atoms with van der Waals surface area (Å²) in [7, 11) is 0. The van der Waals surface area contributed by atoms with Crippen LogP contribution in [0.15, 0.2) is 59.1 Å². The number of hydrogen-bond acceptors (Lipinski definition) is 0.